The SMILES string of the molecule is CCCCCNc1cc(-c2cc(CC[C@H]3O[C@]3(C)C(=O)O[C@@H]3Cc4c(cc5oc(C)cc(=O)c5c4O)OC3(C)C)cc(N)n2)cc(C[NH+]2C=C3N=CC=C3C2)n1. The van der Waals surface area contributed by atoms with E-state index >= 15 is 0 Å². The van der Waals surface area contributed by atoms with E-state index in [4.69, 9.17) is 34.3 Å². The fraction of sp³-hybridized carbons (Fsp3) is 0.419. The van der Waals surface area contributed by atoms with E-state index in [9.17, 15) is 14.7 Å². The Labute approximate surface area is 325 Å². The molecule has 0 spiro atoms. The second-order valence-electron chi connectivity index (χ2n) is 16.0. The molecule has 0 radical (unpaired) electrons. The smallest absolute Gasteiger partial charge is 0.341 e. The van der Waals surface area contributed by atoms with Crippen LogP contribution in [0.2, 0.25) is 0 Å². The Bertz CT molecular complexity index is 2380. The van der Waals surface area contributed by atoms with Crippen molar-refractivity contribution in [2.24, 2.45) is 4.99 Å². The average molecular weight is 762 g/mol. The zero-order valence-electron chi connectivity index (χ0n) is 32.5. The molecule has 13 nitrogen and oxygen atoms in total. The zero-order valence-corrected chi connectivity index (χ0v) is 32.5. The number of ether oxygens (including phenoxy) is 3. The van der Waals surface area contributed by atoms with Crippen molar-refractivity contribution >= 4 is 34.8 Å². The number of epoxide rings is 1. The van der Waals surface area contributed by atoms with E-state index in [2.05, 4.69) is 35.6 Å². The van der Waals surface area contributed by atoms with Gasteiger partial charge >= 0.3 is 5.97 Å². The summed E-state index contributed by atoms with van der Waals surface area (Å²) in [7, 11) is 0. The Morgan fingerprint density at radius 2 is 1.96 bits per heavy atom. The molecule has 56 heavy (non-hydrogen) atoms. The van der Waals surface area contributed by atoms with Crippen molar-refractivity contribution in [1.82, 2.24) is 9.97 Å². The molecule has 0 aliphatic carbocycles. The molecule has 1 saturated heterocycles. The van der Waals surface area contributed by atoms with Crippen LogP contribution < -0.4 is 26.1 Å². The number of benzene rings is 1. The van der Waals surface area contributed by atoms with Crippen molar-refractivity contribution in [1.29, 1.82) is 0 Å². The number of allylic oxidation sites excluding steroid dienone is 1. The second kappa shape index (κ2) is 14.5. The van der Waals surface area contributed by atoms with Crippen LogP contribution in [-0.2, 0) is 33.7 Å². The third-order valence-corrected chi connectivity index (χ3v) is 11.2. The van der Waals surface area contributed by atoms with Crippen molar-refractivity contribution in [3.05, 3.63) is 92.7 Å². The Morgan fingerprint density at radius 3 is 2.77 bits per heavy atom. The number of carbonyl (C=O) groups excluding carboxylic acids is 1. The molecule has 4 aliphatic heterocycles. The van der Waals surface area contributed by atoms with Gasteiger partial charge < -0.3 is 34.8 Å². The maximum Gasteiger partial charge on any atom is 0.341 e. The molecule has 4 aliphatic rings. The van der Waals surface area contributed by atoms with Gasteiger partial charge in [0.25, 0.3) is 0 Å². The highest BCUT2D eigenvalue weighted by molar-refractivity contribution is 5.87. The van der Waals surface area contributed by atoms with Crippen molar-refractivity contribution in [2.75, 3.05) is 24.1 Å². The summed E-state index contributed by atoms with van der Waals surface area (Å²) in [5.41, 5.74) is 10.5. The van der Waals surface area contributed by atoms with Crippen LogP contribution in [0.1, 0.15) is 76.0 Å². The lowest BCUT2D eigenvalue weighted by Gasteiger charge is -2.39. The molecule has 4 atom stereocenters. The van der Waals surface area contributed by atoms with E-state index in [-0.39, 0.29) is 34.7 Å². The number of hydrogen-bond acceptors (Lipinski definition) is 12. The number of anilines is 2. The number of phenols is 1. The first-order valence-corrected chi connectivity index (χ1v) is 19.5. The van der Waals surface area contributed by atoms with Gasteiger partial charge in [0.05, 0.1) is 17.5 Å². The van der Waals surface area contributed by atoms with E-state index in [0.29, 0.717) is 42.3 Å². The standard InChI is InChI=1S/C43H48N6O7/c1-6-7-8-12-46-38-18-27(17-28(47-38)22-49-21-26-11-13-45-31(26)23-49)30-15-25(16-37(44)48-30)9-10-35-43(5,56-35)41(52)54-36-19-29-33(55-42(36,3)4)20-34-39(40(29)51)32(50)14-24(2)53-34/h11,13-18,20,23,35-36,51H,6-10,12,19,21-22H2,1-5H3,(H2,44,48)(H,46,47)/p+1/t35-,36-,43+/m1/s1. The van der Waals surface area contributed by atoms with Gasteiger partial charge in [-0.3, -0.25) is 14.7 Å². The van der Waals surface area contributed by atoms with Gasteiger partial charge in [-0.25, -0.2) is 14.8 Å². The minimum absolute atomic E-state index is 0.0700. The number of aryl methyl sites for hydroxylation is 2. The monoisotopic (exact) mass is 761 g/mol. The van der Waals surface area contributed by atoms with Crippen LogP contribution in [0.25, 0.3) is 22.2 Å². The van der Waals surface area contributed by atoms with Gasteiger partial charge in [-0.05, 0) is 82.9 Å². The van der Waals surface area contributed by atoms with Crippen LogP contribution in [-0.4, -0.2) is 63.8 Å². The summed E-state index contributed by atoms with van der Waals surface area (Å²) in [6.45, 7) is 11.7. The number of pyridine rings is 2. The number of nitrogens with two attached hydrogens (primary N) is 1. The number of unbranched alkanes of at least 4 members (excludes halogenated alkanes) is 2. The second-order valence-corrected chi connectivity index (χ2v) is 16.0. The molecule has 0 saturated carbocycles. The fourth-order valence-corrected chi connectivity index (χ4v) is 7.91. The highest BCUT2D eigenvalue weighted by Crippen LogP contribution is 2.45. The number of aromatic hydroxyl groups is 1. The van der Waals surface area contributed by atoms with Crippen molar-refractivity contribution in [2.45, 2.75) is 103 Å². The average Bonchev–Trinajstić information content (AvgIpc) is 3.38. The van der Waals surface area contributed by atoms with E-state index in [1.165, 1.54) is 16.5 Å². The molecule has 0 bridgehead atoms. The zero-order chi connectivity index (χ0) is 39.4. The summed E-state index contributed by atoms with van der Waals surface area (Å²) in [5, 5.41) is 14.7. The molecule has 8 rings (SSSR count). The molecule has 3 aromatic heterocycles. The predicted octanol–water partition coefficient (Wildman–Crippen LogP) is 5.11. The molecule has 7 heterocycles. The topological polar surface area (TPSA) is 179 Å². The third-order valence-electron chi connectivity index (χ3n) is 11.2. The van der Waals surface area contributed by atoms with Crippen LogP contribution in [0, 0.1) is 6.92 Å². The number of rotatable bonds is 13. The summed E-state index contributed by atoms with van der Waals surface area (Å²) < 4.78 is 24.0. The highest BCUT2D eigenvalue weighted by Gasteiger charge is 2.60. The van der Waals surface area contributed by atoms with Crippen LogP contribution in [0.3, 0.4) is 0 Å². The first-order chi connectivity index (χ1) is 26.8. The summed E-state index contributed by atoms with van der Waals surface area (Å²) >= 11 is 0. The van der Waals surface area contributed by atoms with E-state index in [1.54, 1.807) is 19.9 Å². The molecular formula is C43H49N6O7+. The quantitative estimate of drug-likeness (QED) is 0.0808. The molecule has 1 unspecified atom stereocenters. The number of quaternary nitrogens is 1. The molecule has 4 aromatic rings. The molecule has 0 amide bonds. The molecular weight excluding hydrogens is 713 g/mol. The normalized spacial score (nSPS) is 22.9. The minimum Gasteiger partial charge on any atom is -0.507 e. The molecule has 1 fully saturated rings. The number of nitrogen functional groups attached to an aromatic ring is 1. The van der Waals surface area contributed by atoms with Gasteiger partial charge in [0.1, 0.15) is 76.6 Å². The van der Waals surface area contributed by atoms with Crippen molar-refractivity contribution in [3.63, 3.8) is 0 Å². The molecule has 5 N–H and O–H groups in total. The van der Waals surface area contributed by atoms with E-state index in [1.807, 2.05) is 38.3 Å². The number of aromatic nitrogens is 2. The number of fused-ring (bicyclic) bond motifs is 3. The predicted molar refractivity (Wildman–Crippen MR) is 213 cm³/mol. The number of esters is 1. The lowest BCUT2D eigenvalue weighted by atomic mass is 9.89. The number of carbonyl (C=O) groups is 1. The molecule has 13 heteroatoms. The van der Waals surface area contributed by atoms with E-state index < -0.39 is 23.3 Å². The summed E-state index contributed by atoms with van der Waals surface area (Å²) in [6, 6.07) is 11.0. The van der Waals surface area contributed by atoms with Crippen LogP contribution >= 0.6 is 0 Å². The summed E-state index contributed by atoms with van der Waals surface area (Å²) in [6.07, 6.45) is 9.62. The van der Waals surface area contributed by atoms with Crippen molar-refractivity contribution < 1.29 is 33.4 Å². The van der Waals surface area contributed by atoms with Gasteiger partial charge in [0.2, 0.25) is 0 Å². The Morgan fingerprint density at radius 1 is 1.12 bits per heavy atom. The lowest BCUT2D eigenvalue weighted by molar-refractivity contribution is -0.852. The highest BCUT2D eigenvalue weighted by atomic mass is 16.7. The Kier molecular flexibility index (Phi) is 9.70. The fourth-order valence-electron chi connectivity index (χ4n) is 7.91. The third kappa shape index (κ3) is 7.40. The summed E-state index contributed by atoms with van der Waals surface area (Å²) in [4.78, 5) is 41.8. The Balaban J connectivity index is 0.948. The van der Waals surface area contributed by atoms with Crippen LogP contribution in [0.5, 0.6) is 11.5 Å². The number of hydrogen-bond donors (Lipinski definition) is 4. The number of phenolic OH excluding ortho intramolecular Hbond substituents is 1. The summed E-state index contributed by atoms with van der Waals surface area (Å²) in [5.74, 6) is 1.28. The lowest BCUT2D eigenvalue weighted by Crippen LogP contribution is -3.04. The van der Waals surface area contributed by atoms with Gasteiger partial charge in [0.15, 0.2) is 11.0 Å². The Hall–Kier alpha value is -5.53. The van der Waals surface area contributed by atoms with Gasteiger partial charge in [-0.15, -0.1) is 0 Å². The number of nitrogens with one attached hydrogen (secondary N) is 2. The maximum absolute atomic E-state index is 13.7. The van der Waals surface area contributed by atoms with Gasteiger partial charge in [-0.2, -0.15) is 0 Å². The van der Waals surface area contributed by atoms with E-state index in [0.717, 1.165) is 66.4 Å². The van der Waals surface area contributed by atoms with Gasteiger partial charge in [0, 0.05) is 48.0 Å². The van der Waals surface area contributed by atoms with Gasteiger partial charge in [-0.1, -0.05) is 19.8 Å². The first-order valence-electron chi connectivity index (χ1n) is 19.5. The number of aliphatic imine (C=N–C) groups is 1. The van der Waals surface area contributed by atoms with Crippen molar-refractivity contribution in [3.8, 4) is 22.8 Å². The maximum atomic E-state index is 13.7. The first kappa shape index (κ1) is 37.4. The van der Waals surface area contributed by atoms with Crippen LogP contribution in [0.4, 0.5) is 11.6 Å². The molecule has 1 aromatic carbocycles. The minimum atomic E-state index is -1.15. The van der Waals surface area contributed by atoms with Crippen LogP contribution in [0.15, 0.2) is 74.1 Å². The number of nitrogens with zero attached hydrogens (tertiary/aromatic N) is 3. The molecule has 292 valence electrons. The largest absolute Gasteiger partial charge is 0.507 e.